The highest BCUT2D eigenvalue weighted by Gasteiger charge is 2.21. The number of rotatable bonds is 2. The Balaban J connectivity index is 1.86. The maximum Gasteiger partial charge on any atom is 0.115 e. The quantitative estimate of drug-likeness (QED) is 0.864. The number of para-hydroxylation sites is 1. The first-order valence-electron chi connectivity index (χ1n) is 6.59. The molecular weight excluding hydrogens is 236 g/mol. The fraction of sp³-hybridized carbons (Fsp3) is 0.250. The first kappa shape index (κ1) is 12.1. The van der Waals surface area contributed by atoms with Crippen LogP contribution in [0.4, 0.5) is 5.69 Å². The van der Waals surface area contributed by atoms with Gasteiger partial charge in [0, 0.05) is 24.8 Å². The van der Waals surface area contributed by atoms with Crippen LogP contribution in [0.2, 0.25) is 0 Å². The number of phenols is 1. The van der Waals surface area contributed by atoms with Crippen LogP contribution in [0.15, 0.2) is 48.5 Å². The van der Waals surface area contributed by atoms with E-state index in [0.717, 1.165) is 19.5 Å². The maximum absolute atomic E-state index is 9.33. The van der Waals surface area contributed by atoms with Gasteiger partial charge in [-0.15, -0.1) is 0 Å². The number of anilines is 1. The molecule has 0 radical (unpaired) electrons. The summed E-state index contributed by atoms with van der Waals surface area (Å²) in [7, 11) is 0. The average molecular weight is 254 g/mol. The van der Waals surface area contributed by atoms with E-state index < -0.39 is 0 Å². The zero-order valence-electron chi connectivity index (χ0n) is 10.8. The van der Waals surface area contributed by atoms with Gasteiger partial charge in [-0.2, -0.15) is 0 Å². The van der Waals surface area contributed by atoms with Crippen LogP contribution in [0.1, 0.15) is 11.1 Å². The molecule has 2 aromatic rings. The molecule has 0 fully saturated rings. The van der Waals surface area contributed by atoms with Crippen molar-refractivity contribution < 1.29 is 5.11 Å². The maximum atomic E-state index is 9.33. The lowest BCUT2D eigenvalue weighted by molar-refractivity contribution is 0.475. The van der Waals surface area contributed by atoms with Crippen molar-refractivity contribution >= 4 is 5.69 Å². The largest absolute Gasteiger partial charge is 0.508 e. The molecule has 1 atom stereocenters. The van der Waals surface area contributed by atoms with Crippen LogP contribution < -0.4 is 10.6 Å². The lowest BCUT2D eigenvalue weighted by atomic mass is 9.98. The van der Waals surface area contributed by atoms with Crippen molar-refractivity contribution in [3.05, 3.63) is 59.7 Å². The van der Waals surface area contributed by atoms with Crippen LogP contribution >= 0.6 is 0 Å². The third-order valence-electron chi connectivity index (χ3n) is 3.58. The predicted molar refractivity (Wildman–Crippen MR) is 77.3 cm³/mol. The van der Waals surface area contributed by atoms with Crippen molar-refractivity contribution in [1.82, 2.24) is 0 Å². The van der Waals surface area contributed by atoms with Crippen LogP contribution in [0.5, 0.6) is 5.75 Å². The number of fused-ring (bicyclic) bond motifs is 1. The van der Waals surface area contributed by atoms with Gasteiger partial charge in [-0.05, 0) is 35.7 Å². The average Bonchev–Trinajstić information content (AvgIpc) is 2.41. The van der Waals surface area contributed by atoms with Gasteiger partial charge in [-0.25, -0.2) is 0 Å². The van der Waals surface area contributed by atoms with E-state index in [1.54, 1.807) is 12.1 Å². The van der Waals surface area contributed by atoms with E-state index in [-0.39, 0.29) is 6.04 Å². The van der Waals surface area contributed by atoms with Crippen molar-refractivity contribution in [2.75, 3.05) is 11.4 Å². The van der Waals surface area contributed by atoms with Crippen LogP contribution in [-0.4, -0.2) is 17.7 Å². The lowest BCUT2D eigenvalue weighted by Crippen LogP contribution is -2.42. The van der Waals surface area contributed by atoms with Gasteiger partial charge >= 0.3 is 0 Å². The van der Waals surface area contributed by atoms with Crippen molar-refractivity contribution in [3.63, 3.8) is 0 Å². The van der Waals surface area contributed by atoms with Crippen LogP contribution in [0.3, 0.4) is 0 Å². The van der Waals surface area contributed by atoms with E-state index in [4.69, 9.17) is 5.73 Å². The summed E-state index contributed by atoms with van der Waals surface area (Å²) >= 11 is 0. The van der Waals surface area contributed by atoms with E-state index in [1.807, 2.05) is 12.1 Å². The molecule has 0 saturated heterocycles. The lowest BCUT2D eigenvalue weighted by Gasteiger charge is -2.34. The van der Waals surface area contributed by atoms with Gasteiger partial charge in [0.1, 0.15) is 5.75 Å². The topological polar surface area (TPSA) is 49.5 Å². The summed E-state index contributed by atoms with van der Waals surface area (Å²) < 4.78 is 0. The SMILES string of the molecule is NC1Cc2ccccc2N(Cc2ccc(O)cc2)C1. The third-order valence-corrected chi connectivity index (χ3v) is 3.58. The van der Waals surface area contributed by atoms with E-state index in [2.05, 4.69) is 29.2 Å². The molecule has 19 heavy (non-hydrogen) atoms. The molecule has 1 unspecified atom stereocenters. The molecule has 1 aliphatic rings. The smallest absolute Gasteiger partial charge is 0.115 e. The molecule has 3 heteroatoms. The number of nitrogens with zero attached hydrogens (tertiary/aromatic N) is 1. The molecule has 0 spiro atoms. The van der Waals surface area contributed by atoms with E-state index >= 15 is 0 Å². The molecule has 0 amide bonds. The summed E-state index contributed by atoms with van der Waals surface area (Å²) in [6.45, 7) is 1.70. The molecule has 0 bridgehead atoms. The Morgan fingerprint density at radius 2 is 1.84 bits per heavy atom. The second kappa shape index (κ2) is 4.94. The first-order valence-corrected chi connectivity index (χ1v) is 6.59. The minimum atomic E-state index is 0.187. The molecule has 2 aromatic carbocycles. The molecule has 3 N–H and O–H groups in total. The van der Waals surface area contributed by atoms with Crippen molar-refractivity contribution in [2.24, 2.45) is 5.73 Å². The number of hydrogen-bond acceptors (Lipinski definition) is 3. The Hall–Kier alpha value is -2.00. The highest BCUT2D eigenvalue weighted by molar-refractivity contribution is 5.56. The van der Waals surface area contributed by atoms with Crippen LogP contribution in [0, 0.1) is 0 Å². The highest BCUT2D eigenvalue weighted by Crippen LogP contribution is 2.27. The molecule has 3 nitrogen and oxygen atoms in total. The molecule has 1 aliphatic heterocycles. The summed E-state index contributed by atoms with van der Waals surface area (Å²) in [5.74, 6) is 0.305. The first-order chi connectivity index (χ1) is 9.22. The van der Waals surface area contributed by atoms with Gasteiger partial charge in [0.2, 0.25) is 0 Å². The number of phenolic OH excluding ortho intramolecular Hbond substituents is 1. The highest BCUT2D eigenvalue weighted by atomic mass is 16.3. The Labute approximate surface area is 113 Å². The standard InChI is InChI=1S/C16H18N2O/c17-14-9-13-3-1-2-4-16(13)18(11-14)10-12-5-7-15(19)8-6-12/h1-8,14,19H,9-11,17H2. The molecule has 0 aliphatic carbocycles. The summed E-state index contributed by atoms with van der Waals surface area (Å²) in [5.41, 5.74) is 9.91. The van der Waals surface area contributed by atoms with Crippen molar-refractivity contribution in [2.45, 2.75) is 19.0 Å². The van der Waals surface area contributed by atoms with Crippen molar-refractivity contribution in [1.29, 1.82) is 0 Å². The predicted octanol–water partition coefficient (Wildman–Crippen LogP) is 2.28. The summed E-state index contributed by atoms with van der Waals surface area (Å²) in [6.07, 6.45) is 0.947. The van der Waals surface area contributed by atoms with E-state index in [9.17, 15) is 5.11 Å². The number of aromatic hydroxyl groups is 1. The zero-order valence-corrected chi connectivity index (χ0v) is 10.8. The number of nitrogens with two attached hydrogens (primary N) is 1. The van der Waals surface area contributed by atoms with E-state index in [1.165, 1.54) is 16.8 Å². The second-order valence-corrected chi connectivity index (χ2v) is 5.14. The Morgan fingerprint density at radius 1 is 1.11 bits per heavy atom. The minimum absolute atomic E-state index is 0.187. The Kier molecular flexibility index (Phi) is 3.13. The molecular formula is C16H18N2O. The van der Waals surface area contributed by atoms with E-state index in [0.29, 0.717) is 5.75 Å². The van der Waals surface area contributed by atoms with Crippen LogP contribution in [0.25, 0.3) is 0 Å². The molecule has 1 heterocycles. The molecule has 98 valence electrons. The molecule has 0 aromatic heterocycles. The van der Waals surface area contributed by atoms with Gasteiger partial charge in [-0.1, -0.05) is 30.3 Å². The third kappa shape index (κ3) is 2.56. The molecule has 3 rings (SSSR count). The van der Waals surface area contributed by atoms with Gasteiger partial charge in [0.25, 0.3) is 0 Å². The zero-order chi connectivity index (χ0) is 13.2. The van der Waals surface area contributed by atoms with Crippen LogP contribution in [-0.2, 0) is 13.0 Å². The fourth-order valence-electron chi connectivity index (χ4n) is 2.69. The van der Waals surface area contributed by atoms with Gasteiger partial charge < -0.3 is 15.7 Å². The van der Waals surface area contributed by atoms with Gasteiger partial charge in [-0.3, -0.25) is 0 Å². The molecule has 0 saturated carbocycles. The summed E-state index contributed by atoms with van der Waals surface area (Å²) in [4.78, 5) is 2.32. The minimum Gasteiger partial charge on any atom is -0.508 e. The number of benzene rings is 2. The second-order valence-electron chi connectivity index (χ2n) is 5.14. The Morgan fingerprint density at radius 3 is 2.63 bits per heavy atom. The summed E-state index contributed by atoms with van der Waals surface area (Å²) in [6, 6.07) is 16.0. The Bertz CT molecular complexity index is 565. The summed E-state index contributed by atoms with van der Waals surface area (Å²) in [5, 5.41) is 9.33. The normalized spacial score (nSPS) is 18.2. The number of hydrogen-bond donors (Lipinski definition) is 2. The monoisotopic (exact) mass is 254 g/mol. The van der Waals surface area contributed by atoms with Crippen molar-refractivity contribution in [3.8, 4) is 5.75 Å². The van der Waals surface area contributed by atoms with Gasteiger partial charge in [0.15, 0.2) is 0 Å². The van der Waals surface area contributed by atoms with Gasteiger partial charge in [0.05, 0.1) is 0 Å². The fourth-order valence-corrected chi connectivity index (χ4v) is 2.69.